The van der Waals surface area contributed by atoms with E-state index in [1.807, 2.05) is 0 Å². The summed E-state index contributed by atoms with van der Waals surface area (Å²) in [5.41, 5.74) is 17.6. The lowest BCUT2D eigenvalue weighted by molar-refractivity contribution is 0.768. The Morgan fingerprint density at radius 3 is 1.33 bits per heavy atom. The predicted molar refractivity (Wildman–Crippen MR) is 252 cm³/mol. The van der Waals surface area contributed by atoms with Crippen LogP contribution in [0.5, 0.6) is 0 Å². The molecule has 0 fully saturated rings. The molecule has 0 spiro atoms. The quantitative estimate of drug-likeness (QED) is 0.149. The van der Waals surface area contributed by atoms with Crippen molar-refractivity contribution >= 4 is 27.8 Å². The minimum Gasteiger partial charge on any atom is -0.310 e. The minimum absolute atomic E-state index is 0.568. The molecule has 60 heavy (non-hydrogen) atoms. The summed E-state index contributed by atoms with van der Waals surface area (Å²) in [6.07, 6.45) is 0. The molecule has 10 aromatic carbocycles. The third kappa shape index (κ3) is 5.94. The van der Waals surface area contributed by atoms with Crippen LogP contribution in [-0.4, -0.2) is 0 Å². The molecule has 0 atom stereocenters. The number of para-hydroxylation sites is 1. The molecule has 282 valence electrons. The Bertz CT molecular complexity index is 3050. The maximum Gasteiger partial charge on any atom is 0.0714 e. The highest BCUT2D eigenvalue weighted by Gasteiger charge is 2.46. The second-order valence-electron chi connectivity index (χ2n) is 15.7. The first-order valence-electron chi connectivity index (χ1n) is 20.8. The molecule has 0 aromatic heterocycles. The lowest BCUT2D eigenvalue weighted by atomic mass is 9.67. The van der Waals surface area contributed by atoms with Gasteiger partial charge in [-0.1, -0.05) is 206 Å². The summed E-state index contributed by atoms with van der Waals surface area (Å²) < 4.78 is 0. The van der Waals surface area contributed by atoms with Gasteiger partial charge < -0.3 is 4.90 Å². The number of rotatable bonds is 8. The molecule has 0 radical (unpaired) electrons. The largest absolute Gasteiger partial charge is 0.310 e. The second kappa shape index (κ2) is 14.9. The van der Waals surface area contributed by atoms with E-state index in [2.05, 4.69) is 254 Å². The van der Waals surface area contributed by atoms with Gasteiger partial charge in [-0.2, -0.15) is 0 Å². The van der Waals surface area contributed by atoms with Crippen LogP contribution in [0, 0.1) is 0 Å². The Morgan fingerprint density at radius 1 is 0.267 bits per heavy atom. The maximum atomic E-state index is 2.47. The molecule has 0 saturated carbocycles. The van der Waals surface area contributed by atoms with Gasteiger partial charge in [0, 0.05) is 17.1 Å². The molecule has 1 aliphatic carbocycles. The molecule has 0 unspecified atom stereocenters. The van der Waals surface area contributed by atoms with Gasteiger partial charge in [0.1, 0.15) is 0 Å². The molecular formula is C59H41N. The first kappa shape index (κ1) is 35.4. The smallest absolute Gasteiger partial charge is 0.0714 e. The second-order valence-corrected chi connectivity index (χ2v) is 15.7. The summed E-state index contributed by atoms with van der Waals surface area (Å²) in [4.78, 5) is 2.40. The molecule has 11 rings (SSSR count). The molecule has 0 heterocycles. The van der Waals surface area contributed by atoms with Gasteiger partial charge in [-0.25, -0.2) is 0 Å². The third-order valence-corrected chi connectivity index (χ3v) is 12.4. The number of anilines is 3. The van der Waals surface area contributed by atoms with Crippen molar-refractivity contribution < 1.29 is 0 Å². The fourth-order valence-corrected chi connectivity index (χ4v) is 9.57. The lowest BCUT2D eigenvalue weighted by Gasteiger charge is -2.35. The number of benzene rings is 10. The van der Waals surface area contributed by atoms with Crippen LogP contribution in [0.3, 0.4) is 0 Å². The molecule has 0 aliphatic heterocycles. The minimum atomic E-state index is -0.568. The highest BCUT2D eigenvalue weighted by Crippen LogP contribution is 2.58. The van der Waals surface area contributed by atoms with Crippen LogP contribution in [0.4, 0.5) is 17.1 Å². The molecule has 0 bridgehead atoms. The number of hydrogen-bond donors (Lipinski definition) is 0. The van der Waals surface area contributed by atoms with Gasteiger partial charge in [-0.05, 0) is 120 Å². The zero-order valence-electron chi connectivity index (χ0n) is 33.1. The van der Waals surface area contributed by atoms with E-state index >= 15 is 0 Å². The first-order valence-corrected chi connectivity index (χ1v) is 20.8. The zero-order chi connectivity index (χ0) is 39.9. The molecule has 1 nitrogen and oxygen atoms in total. The average molecular weight is 764 g/mol. The molecule has 0 amide bonds. The zero-order valence-corrected chi connectivity index (χ0v) is 33.1. The summed E-state index contributed by atoms with van der Waals surface area (Å²) in [5, 5.41) is 2.51. The van der Waals surface area contributed by atoms with Gasteiger partial charge in [-0.15, -0.1) is 0 Å². The SMILES string of the molecule is c1ccc(-c2ccc(-c3ccc(N(c4ccccc4)c4ccc5c(c4)C(c4ccccc4)(c4ccccc4)c4cc(-c6cccc7ccccc67)ccc4-5)cc3)cc2)cc1. The Labute approximate surface area is 352 Å². The van der Waals surface area contributed by atoms with Crippen LogP contribution < -0.4 is 4.90 Å². The summed E-state index contributed by atoms with van der Waals surface area (Å²) >= 11 is 0. The van der Waals surface area contributed by atoms with Gasteiger partial charge in [-0.3, -0.25) is 0 Å². The molecule has 1 heteroatoms. The van der Waals surface area contributed by atoms with Gasteiger partial charge in [0.2, 0.25) is 0 Å². The Kier molecular flexibility index (Phi) is 8.79. The monoisotopic (exact) mass is 763 g/mol. The maximum absolute atomic E-state index is 2.47. The van der Waals surface area contributed by atoms with Crippen LogP contribution in [0.1, 0.15) is 22.3 Å². The van der Waals surface area contributed by atoms with Gasteiger partial charge in [0.25, 0.3) is 0 Å². The standard InChI is InChI=1S/C59H41N/c1-5-16-42(17-6-1)43-28-30-44(31-29-43)45-32-35-51(36-33-45)60(50-24-11-4-12-25-50)52-37-39-56-55-38-34-47(54-27-15-19-46-18-13-14-26-53(46)54)40-57(55)59(58(56)41-52,48-20-7-2-8-21-48)49-22-9-3-10-23-49/h1-41H. The third-order valence-electron chi connectivity index (χ3n) is 12.4. The van der Waals surface area contributed by atoms with E-state index in [1.165, 1.54) is 77.5 Å². The molecule has 10 aromatic rings. The van der Waals surface area contributed by atoms with E-state index in [4.69, 9.17) is 0 Å². The van der Waals surface area contributed by atoms with Crippen molar-refractivity contribution in [3.63, 3.8) is 0 Å². The summed E-state index contributed by atoms with van der Waals surface area (Å²) in [5.74, 6) is 0. The topological polar surface area (TPSA) is 3.24 Å². The van der Waals surface area contributed by atoms with Crippen molar-refractivity contribution in [3.8, 4) is 44.5 Å². The highest BCUT2D eigenvalue weighted by atomic mass is 15.1. The molecule has 0 saturated heterocycles. The van der Waals surface area contributed by atoms with E-state index in [9.17, 15) is 0 Å². The number of hydrogen-bond acceptors (Lipinski definition) is 1. The van der Waals surface area contributed by atoms with Crippen LogP contribution in [0.15, 0.2) is 249 Å². The predicted octanol–water partition coefficient (Wildman–Crippen LogP) is 15.7. The van der Waals surface area contributed by atoms with Crippen molar-refractivity contribution in [2.45, 2.75) is 5.41 Å². The Balaban J connectivity index is 1.08. The fourth-order valence-electron chi connectivity index (χ4n) is 9.57. The van der Waals surface area contributed by atoms with Crippen molar-refractivity contribution in [2.75, 3.05) is 4.90 Å². The highest BCUT2D eigenvalue weighted by molar-refractivity contribution is 5.98. The summed E-state index contributed by atoms with van der Waals surface area (Å²) in [6, 6.07) is 91.0. The van der Waals surface area contributed by atoms with E-state index in [0.29, 0.717) is 0 Å². The van der Waals surface area contributed by atoms with Crippen molar-refractivity contribution in [3.05, 3.63) is 271 Å². The van der Waals surface area contributed by atoms with E-state index in [0.717, 1.165) is 17.1 Å². The Morgan fingerprint density at radius 2 is 0.700 bits per heavy atom. The van der Waals surface area contributed by atoms with E-state index < -0.39 is 5.41 Å². The first-order chi connectivity index (χ1) is 29.8. The van der Waals surface area contributed by atoms with E-state index in [1.54, 1.807) is 0 Å². The number of nitrogens with zero attached hydrogens (tertiary/aromatic N) is 1. The van der Waals surface area contributed by atoms with Gasteiger partial charge in [0.05, 0.1) is 5.41 Å². The van der Waals surface area contributed by atoms with Crippen molar-refractivity contribution in [1.82, 2.24) is 0 Å². The fraction of sp³-hybridized carbons (Fsp3) is 0.0169. The Hall–Kier alpha value is -7.74. The average Bonchev–Trinajstić information content (AvgIpc) is 3.62. The molecular weight excluding hydrogens is 723 g/mol. The molecule has 0 N–H and O–H groups in total. The summed E-state index contributed by atoms with van der Waals surface area (Å²) in [7, 11) is 0. The van der Waals surface area contributed by atoms with Crippen molar-refractivity contribution in [1.29, 1.82) is 0 Å². The normalized spacial score (nSPS) is 12.5. The van der Waals surface area contributed by atoms with Crippen molar-refractivity contribution in [2.24, 2.45) is 0 Å². The van der Waals surface area contributed by atoms with Crippen LogP contribution in [-0.2, 0) is 5.41 Å². The lowest BCUT2D eigenvalue weighted by Crippen LogP contribution is -2.28. The number of fused-ring (bicyclic) bond motifs is 4. The van der Waals surface area contributed by atoms with Gasteiger partial charge >= 0.3 is 0 Å². The van der Waals surface area contributed by atoms with Crippen LogP contribution in [0.2, 0.25) is 0 Å². The summed E-state index contributed by atoms with van der Waals surface area (Å²) in [6.45, 7) is 0. The van der Waals surface area contributed by atoms with Crippen LogP contribution in [0.25, 0.3) is 55.3 Å². The van der Waals surface area contributed by atoms with Gasteiger partial charge in [0.15, 0.2) is 0 Å². The molecule has 1 aliphatic rings. The van der Waals surface area contributed by atoms with Crippen LogP contribution >= 0.6 is 0 Å². The van der Waals surface area contributed by atoms with E-state index in [-0.39, 0.29) is 0 Å².